The van der Waals surface area contributed by atoms with Gasteiger partial charge in [-0.2, -0.15) is 0 Å². The van der Waals surface area contributed by atoms with Crippen molar-refractivity contribution in [2.45, 2.75) is 39.7 Å². The number of benzene rings is 1. The summed E-state index contributed by atoms with van der Waals surface area (Å²) in [4.78, 5) is 23.4. The van der Waals surface area contributed by atoms with Crippen molar-refractivity contribution in [2.24, 2.45) is 0 Å². The molecule has 1 aromatic carbocycles. The SMILES string of the molecule is CCCCNC(=O)c1cc(N2CCc3ccccc3C2)nc(C)n1. The van der Waals surface area contributed by atoms with Gasteiger partial charge in [-0.3, -0.25) is 4.79 Å². The minimum atomic E-state index is -0.118. The number of carbonyl (C=O) groups excluding carboxylic acids is 1. The Labute approximate surface area is 143 Å². The van der Waals surface area contributed by atoms with Crippen molar-refractivity contribution in [1.82, 2.24) is 15.3 Å². The number of rotatable bonds is 5. The van der Waals surface area contributed by atoms with Crippen molar-refractivity contribution in [3.05, 3.63) is 53.0 Å². The Balaban J connectivity index is 1.78. The molecule has 1 aliphatic heterocycles. The van der Waals surface area contributed by atoms with Crippen LogP contribution in [0.15, 0.2) is 30.3 Å². The van der Waals surface area contributed by atoms with Crippen LogP contribution in [0, 0.1) is 6.92 Å². The molecule has 2 heterocycles. The summed E-state index contributed by atoms with van der Waals surface area (Å²) < 4.78 is 0. The van der Waals surface area contributed by atoms with Crippen LogP contribution < -0.4 is 10.2 Å². The zero-order valence-corrected chi connectivity index (χ0v) is 14.4. The quantitative estimate of drug-likeness (QED) is 0.859. The van der Waals surface area contributed by atoms with E-state index in [1.54, 1.807) is 0 Å². The Morgan fingerprint density at radius 2 is 2.04 bits per heavy atom. The molecule has 0 unspecified atom stereocenters. The van der Waals surface area contributed by atoms with E-state index in [1.165, 1.54) is 11.1 Å². The molecule has 1 aliphatic rings. The Kier molecular flexibility index (Phi) is 5.08. The lowest BCUT2D eigenvalue weighted by Gasteiger charge is -2.30. The van der Waals surface area contributed by atoms with Crippen LogP contribution in [0.4, 0.5) is 5.82 Å². The van der Waals surface area contributed by atoms with Crippen molar-refractivity contribution >= 4 is 11.7 Å². The van der Waals surface area contributed by atoms with E-state index >= 15 is 0 Å². The maximum absolute atomic E-state index is 12.3. The zero-order valence-electron chi connectivity index (χ0n) is 14.4. The molecule has 0 atom stereocenters. The highest BCUT2D eigenvalue weighted by Gasteiger charge is 2.19. The number of nitrogens with one attached hydrogen (secondary N) is 1. The summed E-state index contributed by atoms with van der Waals surface area (Å²) in [5.41, 5.74) is 3.18. The molecule has 5 nitrogen and oxygen atoms in total. The molecule has 0 bridgehead atoms. The molecule has 0 spiro atoms. The summed E-state index contributed by atoms with van der Waals surface area (Å²) in [7, 11) is 0. The van der Waals surface area contributed by atoms with E-state index in [1.807, 2.05) is 13.0 Å². The molecule has 2 aromatic rings. The van der Waals surface area contributed by atoms with Gasteiger partial charge in [-0.15, -0.1) is 0 Å². The first kappa shape index (κ1) is 16.4. The largest absolute Gasteiger partial charge is 0.352 e. The number of hydrogen-bond donors (Lipinski definition) is 1. The van der Waals surface area contributed by atoms with E-state index in [9.17, 15) is 4.79 Å². The van der Waals surface area contributed by atoms with Gasteiger partial charge in [0.15, 0.2) is 0 Å². The van der Waals surface area contributed by atoms with Gasteiger partial charge in [0.25, 0.3) is 5.91 Å². The number of aromatic nitrogens is 2. The molecule has 5 heteroatoms. The van der Waals surface area contributed by atoms with Crippen molar-refractivity contribution in [3.63, 3.8) is 0 Å². The predicted octanol–water partition coefficient (Wildman–Crippen LogP) is 2.88. The maximum Gasteiger partial charge on any atom is 0.270 e. The summed E-state index contributed by atoms with van der Waals surface area (Å²) in [5.74, 6) is 1.34. The topological polar surface area (TPSA) is 58.1 Å². The van der Waals surface area contributed by atoms with Gasteiger partial charge in [-0.05, 0) is 30.9 Å². The highest BCUT2D eigenvalue weighted by molar-refractivity contribution is 5.92. The first-order valence-corrected chi connectivity index (χ1v) is 8.63. The summed E-state index contributed by atoms with van der Waals surface area (Å²) >= 11 is 0. The molecule has 24 heavy (non-hydrogen) atoms. The van der Waals surface area contributed by atoms with Crippen LogP contribution in [0.25, 0.3) is 0 Å². The molecule has 1 aromatic heterocycles. The summed E-state index contributed by atoms with van der Waals surface area (Å²) in [6, 6.07) is 10.3. The number of anilines is 1. The summed E-state index contributed by atoms with van der Waals surface area (Å²) in [6.45, 7) is 6.36. The molecule has 0 saturated carbocycles. The van der Waals surface area contributed by atoms with E-state index in [0.717, 1.165) is 38.2 Å². The second-order valence-corrected chi connectivity index (χ2v) is 6.21. The number of unbranched alkanes of at least 4 members (excludes halogenated alkanes) is 1. The van der Waals surface area contributed by atoms with Gasteiger partial charge in [0.2, 0.25) is 0 Å². The number of hydrogen-bond acceptors (Lipinski definition) is 4. The van der Waals surface area contributed by atoms with E-state index in [4.69, 9.17) is 0 Å². The standard InChI is InChI=1S/C19H24N4O/c1-3-4-10-20-19(24)17-12-18(22-14(2)21-17)23-11-9-15-7-5-6-8-16(15)13-23/h5-8,12H,3-4,9-11,13H2,1-2H3,(H,20,24). The minimum Gasteiger partial charge on any atom is -0.352 e. The number of amides is 1. The van der Waals surface area contributed by atoms with E-state index in [0.29, 0.717) is 18.1 Å². The molecule has 1 N–H and O–H groups in total. The maximum atomic E-state index is 12.3. The lowest BCUT2D eigenvalue weighted by atomic mass is 10.00. The third kappa shape index (κ3) is 3.72. The Morgan fingerprint density at radius 3 is 2.83 bits per heavy atom. The summed E-state index contributed by atoms with van der Waals surface area (Å²) in [5, 5.41) is 2.93. The fourth-order valence-corrected chi connectivity index (χ4v) is 2.99. The number of nitrogens with zero attached hydrogens (tertiary/aromatic N) is 3. The van der Waals surface area contributed by atoms with E-state index < -0.39 is 0 Å². The number of carbonyl (C=O) groups is 1. The molecule has 1 amide bonds. The van der Waals surface area contributed by atoms with Crippen molar-refractivity contribution in [2.75, 3.05) is 18.0 Å². The van der Waals surface area contributed by atoms with Crippen LogP contribution >= 0.6 is 0 Å². The molecule has 0 radical (unpaired) electrons. The van der Waals surface area contributed by atoms with Crippen molar-refractivity contribution in [1.29, 1.82) is 0 Å². The normalized spacial score (nSPS) is 13.5. The van der Waals surface area contributed by atoms with Crippen LogP contribution in [0.2, 0.25) is 0 Å². The second kappa shape index (κ2) is 7.43. The lowest BCUT2D eigenvalue weighted by Crippen LogP contribution is -2.32. The first-order valence-electron chi connectivity index (χ1n) is 8.63. The summed E-state index contributed by atoms with van der Waals surface area (Å²) in [6.07, 6.45) is 3.03. The molecule has 0 fully saturated rings. The van der Waals surface area contributed by atoms with Gasteiger partial charge < -0.3 is 10.2 Å². The predicted molar refractivity (Wildman–Crippen MR) is 95.2 cm³/mol. The highest BCUT2D eigenvalue weighted by atomic mass is 16.1. The molecule has 3 rings (SSSR count). The Morgan fingerprint density at radius 1 is 1.25 bits per heavy atom. The smallest absolute Gasteiger partial charge is 0.270 e. The van der Waals surface area contributed by atoms with Gasteiger partial charge in [-0.1, -0.05) is 37.6 Å². The molecular weight excluding hydrogens is 300 g/mol. The van der Waals surface area contributed by atoms with E-state index in [-0.39, 0.29) is 5.91 Å². The average molecular weight is 324 g/mol. The molecular formula is C19H24N4O. The van der Waals surface area contributed by atoms with Crippen LogP contribution in [0.1, 0.15) is 47.2 Å². The number of fused-ring (bicyclic) bond motifs is 1. The van der Waals surface area contributed by atoms with Gasteiger partial charge >= 0.3 is 0 Å². The monoisotopic (exact) mass is 324 g/mol. The van der Waals surface area contributed by atoms with Gasteiger partial charge in [-0.25, -0.2) is 9.97 Å². The second-order valence-electron chi connectivity index (χ2n) is 6.21. The third-order valence-electron chi connectivity index (χ3n) is 4.33. The van der Waals surface area contributed by atoms with Gasteiger partial charge in [0.05, 0.1) is 0 Å². The Hall–Kier alpha value is -2.43. The fourth-order valence-electron chi connectivity index (χ4n) is 2.99. The van der Waals surface area contributed by atoms with Crippen LogP contribution in [0.5, 0.6) is 0 Å². The Bertz CT molecular complexity index is 729. The number of aryl methyl sites for hydroxylation is 1. The van der Waals surface area contributed by atoms with E-state index in [2.05, 4.69) is 51.4 Å². The average Bonchev–Trinajstić information content (AvgIpc) is 2.61. The van der Waals surface area contributed by atoms with Crippen molar-refractivity contribution in [3.8, 4) is 0 Å². The lowest BCUT2D eigenvalue weighted by molar-refractivity contribution is 0.0948. The zero-order chi connectivity index (χ0) is 16.9. The molecule has 0 saturated heterocycles. The third-order valence-corrected chi connectivity index (χ3v) is 4.33. The minimum absolute atomic E-state index is 0.118. The molecule has 0 aliphatic carbocycles. The highest BCUT2D eigenvalue weighted by Crippen LogP contribution is 2.23. The van der Waals surface area contributed by atoms with Crippen LogP contribution in [0.3, 0.4) is 0 Å². The fraction of sp³-hybridized carbons (Fsp3) is 0.421. The van der Waals surface area contributed by atoms with Crippen LogP contribution in [-0.4, -0.2) is 29.0 Å². The van der Waals surface area contributed by atoms with Gasteiger partial charge in [0, 0.05) is 25.7 Å². The van der Waals surface area contributed by atoms with Crippen LogP contribution in [-0.2, 0) is 13.0 Å². The van der Waals surface area contributed by atoms with Gasteiger partial charge in [0.1, 0.15) is 17.3 Å². The van der Waals surface area contributed by atoms with Crippen molar-refractivity contribution < 1.29 is 4.79 Å². The first-order chi connectivity index (χ1) is 11.7. The molecule has 126 valence electrons.